The predicted octanol–water partition coefficient (Wildman–Crippen LogP) is 2.71. The van der Waals surface area contributed by atoms with Gasteiger partial charge in [0.25, 0.3) is 5.91 Å². The minimum atomic E-state index is 0.138. The molecular formula is C20H25N3O. The van der Waals surface area contributed by atoms with E-state index in [9.17, 15) is 4.79 Å². The van der Waals surface area contributed by atoms with Crippen LogP contribution in [0.4, 0.5) is 5.69 Å². The molecule has 1 heterocycles. The maximum atomic E-state index is 12.7. The van der Waals surface area contributed by atoms with E-state index >= 15 is 0 Å². The van der Waals surface area contributed by atoms with Crippen LogP contribution >= 0.6 is 0 Å². The van der Waals surface area contributed by atoms with Crippen LogP contribution in [-0.2, 0) is 6.54 Å². The Balaban J connectivity index is 1.59. The van der Waals surface area contributed by atoms with Crippen molar-refractivity contribution in [1.82, 2.24) is 9.80 Å². The summed E-state index contributed by atoms with van der Waals surface area (Å²) >= 11 is 0. The van der Waals surface area contributed by atoms with E-state index in [2.05, 4.69) is 34.1 Å². The van der Waals surface area contributed by atoms with Crippen molar-refractivity contribution in [3.05, 3.63) is 65.7 Å². The molecule has 4 heteroatoms. The first-order valence-corrected chi connectivity index (χ1v) is 8.46. The molecule has 0 radical (unpaired) electrons. The SMILES string of the molecule is CN(C)Cc1ccc(C(=O)N2CCN(c3ccccc3)CC2)cc1. The largest absolute Gasteiger partial charge is 0.368 e. The van der Waals surface area contributed by atoms with Crippen molar-refractivity contribution < 1.29 is 4.79 Å². The molecule has 126 valence electrons. The van der Waals surface area contributed by atoms with E-state index in [1.54, 1.807) is 0 Å². The quantitative estimate of drug-likeness (QED) is 0.865. The molecule has 24 heavy (non-hydrogen) atoms. The number of nitrogens with zero attached hydrogens (tertiary/aromatic N) is 3. The van der Waals surface area contributed by atoms with Crippen molar-refractivity contribution >= 4 is 11.6 Å². The van der Waals surface area contributed by atoms with Crippen LogP contribution in [0.5, 0.6) is 0 Å². The lowest BCUT2D eigenvalue weighted by molar-refractivity contribution is 0.0747. The second kappa shape index (κ2) is 7.49. The van der Waals surface area contributed by atoms with Crippen molar-refractivity contribution in [2.24, 2.45) is 0 Å². The van der Waals surface area contributed by atoms with Crippen molar-refractivity contribution in [1.29, 1.82) is 0 Å². The zero-order chi connectivity index (χ0) is 16.9. The van der Waals surface area contributed by atoms with Crippen LogP contribution < -0.4 is 4.90 Å². The van der Waals surface area contributed by atoms with E-state index in [4.69, 9.17) is 0 Å². The first kappa shape index (κ1) is 16.5. The summed E-state index contributed by atoms with van der Waals surface area (Å²) in [6, 6.07) is 18.4. The smallest absolute Gasteiger partial charge is 0.253 e. The van der Waals surface area contributed by atoms with Crippen LogP contribution in [0, 0.1) is 0 Å². The van der Waals surface area contributed by atoms with Gasteiger partial charge in [0, 0.05) is 44.0 Å². The van der Waals surface area contributed by atoms with Gasteiger partial charge in [-0.2, -0.15) is 0 Å². The number of hydrogen-bond acceptors (Lipinski definition) is 3. The summed E-state index contributed by atoms with van der Waals surface area (Å²) in [5.74, 6) is 0.138. The fourth-order valence-electron chi connectivity index (χ4n) is 3.11. The Bertz CT molecular complexity index is 659. The molecule has 3 rings (SSSR count). The molecule has 2 aromatic rings. The number of piperazine rings is 1. The highest BCUT2D eigenvalue weighted by Crippen LogP contribution is 2.17. The zero-order valence-corrected chi connectivity index (χ0v) is 14.5. The first-order valence-electron chi connectivity index (χ1n) is 8.46. The van der Waals surface area contributed by atoms with Gasteiger partial charge >= 0.3 is 0 Å². The Labute approximate surface area is 144 Å². The second-order valence-corrected chi connectivity index (χ2v) is 6.55. The summed E-state index contributed by atoms with van der Waals surface area (Å²) in [4.78, 5) is 19.1. The van der Waals surface area contributed by atoms with E-state index in [1.165, 1.54) is 11.3 Å². The number of para-hydroxylation sites is 1. The van der Waals surface area contributed by atoms with Crippen LogP contribution in [0.15, 0.2) is 54.6 Å². The van der Waals surface area contributed by atoms with E-state index in [0.29, 0.717) is 0 Å². The third kappa shape index (κ3) is 3.95. The number of benzene rings is 2. The summed E-state index contributed by atoms with van der Waals surface area (Å²) in [6.07, 6.45) is 0. The fraction of sp³-hybridized carbons (Fsp3) is 0.350. The van der Waals surface area contributed by atoms with Crippen molar-refractivity contribution in [2.45, 2.75) is 6.54 Å². The van der Waals surface area contributed by atoms with Crippen LogP contribution in [0.3, 0.4) is 0 Å². The van der Waals surface area contributed by atoms with Gasteiger partial charge in [-0.05, 0) is 43.9 Å². The standard InChI is InChI=1S/C20H25N3O/c1-21(2)16-17-8-10-18(11-9-17)20(24)23-14-12-22(13-15-23)19-6-4-3-5-7-19/h3-11H,12-16H2,1-2H3. The molecule has 1 saturated heterocycles. The van der Waals surface area contributed by atoms with Crippen molar-refractivity contribution in [3.63, 3.8) is 0 Å². The van der Waals surface area contributed by atoms with E-state index in [1.807, 2.05) is 49.3 Å². The molecule has 0 saturated carbocycles. The number of anilines is 1. The van der Waals surface area contributed by atoms with Crippen molar-refractivity contribution in [2.75, 3.05) is 45.2 Å². The third-order valence-corrected chi connectivity index (χ3v) is 4.39. The molecule has 0 aliphatic carbocycles. The molecule has 0 N–H and O–H groups in total. The highest BCUT2D eigenvalue weighted by molar-refractivity contribution is 5.94. The van der Waals surface area contributed by atoms with Gasteiger partial charge in [-0.15, -0.1) is 0 Å². The highest BCUT2D eigenvalue weighted by atomic mass is 16.2. The summed E-state index contributed by atoms with van der Waals surface area (Å²) in [7, 11) is 4.09. The minimum absolute atomic E-state index is 0.138. The molecule has 1 aliphatic rings. The van der Waals surface area contributed by atoms with Gasteiger partial charge in [0.1, 0.15) is 0 Å². The molecule has 1 fully saturated rings. The molecule has 0 aromatic heterocycles. The maximum Gasteiger partial charge on any atom is 0.253 e. The first-order chi connectivity index (χ1) is 11.6. The van der Waals surface area contributed by atoms with Gasteiger partial charge in [0.05, 0.1) is 0 Å². The molecule has 1 aliphatic heterocycles. The number of carbonyl (C=O) groups is 1. The predicted molar refractivity (Wildman–Crippen MR) is 98.4 cm³/mol. The summed E-state index contributed by atoms with van der Waals surface area (Å²) < 4.78 is 0. The zero-order valence-electron chi connectivity index (χ0n) is 14.5. The Morgan fingerprint density at radius 2 is 1.54 bits per heavy atom. The Morgan fingerprint density at radius 3 is 2.12 bits per heavy atom. The fourth-order valence-corrected chi connectivity index (χ4v) is 3.11. The van der Waals surface area contributed by atoms with Gasteiger partial charge in [0.2, 0.25) is 0 Å². The average molecular weight is 323 g/mol. The van der Waals surface area contributed by atoms with Crippen LogP contribution in [0.1, 0.15) is 15.9 Å². The number of carbonyl (C=O) groups excluding carboxylic acids is 1. The summed E-state index contributed by atoms with van der Waals surface area (Å²) in [5, 5.41) is 0. The van der Waals surface area contributed by atoms with Crippen LogP contribution in [0.2, 0.25) is 0 Å². The summed E-state index contributed by atoms with van der Waals surface area (Å²) in [6.45, 7) is 4.20. The molecule has 0 bridgehead atoms. The van der Waals surface area contributed by atoms with Crippen LogP contribution in [-0.4, -0.2) is 56.0 Å². The van der Waals surface area contributed by atoms with E-state index in [0.717, 1.165) is 38.3 Å². The highest BCUT2D eigenvalue weighted by Gasteiger charge is 2.22. The molecular weight excluding hydrogens is 298 g/mol. The van der Waals surface area contributed by atoms with Gasteiger partial charge in [-0.25, -0.2) is 0 Å². The van der Waals surface area contributed by atoms with Crippen molar-refractivity contribution in [3.8, 4) is 0 Å². The molecule has 2 aromatic carbocycles. The van der Waals surface area contributed by atoms with Crippen LogP contribution in [0.25, 0.3) is 0 Å². The molecule has 1 amide bonds. The number of rotatable bonds is 4. The van der Waals surface area contributed by atoms with Gasteiger partial charge in [0.15, 0.2) is 0 Å². The Morgan fingerprint density at radius 1 is 0.917 bits per heavy atom. The third-order valence-electron chi connectivity index (χ3n) is 4.39. The van der Waals surface area contributed by atoms with Gasteiger partial charge in [-0.3, -0.25) is 4.79 Å². The second-order valence-electron chi connectivity index (χ2n) is 6.55. The monoisotopic (exact) mass is 323 g/mol. The topological polar surface area (TPSA) is 26.8 Å². The number of hydrogen-bond donors (Lipinski definition) is 0. The Kier molecular flexibility index (Phi) is 5.16. The lowest BCUT2D eigenvalue weighted by Gasteiger charge is -2.36. The average Bonchev–Trinajstić information content (AvgIpc) is 2.62. The normalized spacial score (nSPS) is 15.0. The lowest BCUT2D eigenvalue weighted by Crippen LogP contribution is -2.48. The number of amides is 1. The minimum Gasteiger partial charge on any atom is -0.368 e. The molecule has 0 unspecified atom stereocenters. The van der Waals surface area contributed by atoms with Gasteiger partial charge < -0.3 is 14.7 Å². The molecule has 0 spiro atoms. The Hall–Kier alpha value is -2.33. The van der Waals surface area contributed by atoms with E-state index < -0.39 is 0 Å². The maximum absolute atomic E-state index is 12.7. The van der Waals surface area contributed by atoms with E-state index in [-0.39, 0.29) is 5.91 Å². The lowest BCUT2D eigenvalue weighted by atomic mass is 10.1. The van der Waals surface area contributed by atoms with Gasteiger partial charge in [-0.1, -0.05) is 30.3 Å². The molecule has 4 nitrogen and oxygen atoms in total. The summed E-state index contributed by atoms with van der Waals surface area (Å²) in [5.41, 5.74) is 3.24. The molecule has 0 atom stereocenters.